The molecule has 2 fully saturated rings. The Labute approximate surface area is 138 Å². The molecule has 124 valence electrons. The molecular weight excluding hydrogens is 310 g/mol. The fourth-order valence-corrected chi connectivity index (χ4v) is 3.30. The molecular formula is C16H17N5O3. The summed E-state index contributed by atoms with van der Waals surface area (Å²) < 4.78 is 1.80. The van der Waals surface area contributed by atoms with Gasteiger partial charge in [-0.2, -0.15) is 0 Å². The summed E-state index contributed by atoms with van der Waals surface area (Å²) in [6.45, 7) is 1.30. The Hall–Kier alpha value is -2.90. The lowest BCUT2D eigenvalue weighted by Crippen LogP contribution is -2.66. The number of benzene rings is 1. The molecule has 2 saturated heterocycles. The summed E-state index contributed by atoms with van der Waals surface area (Å²) >= 11 is 0. The standard InChI is InChI=1S/C16H17N5O3/c22-14-7-17-16(24)13-8-19(5-6-21(13)14)15(23)9-20-10-18-11-3-1-2-4-12(11)20/h1-4,10,13H,5-9H2,(H,17,24). The van der Waals surface area contributed by atoms with Crippen LogP contribution < -0.4 is 5.32 Å². The highest BCUT2D eigenvalue weighted by atomic mass is 16.2. The fraction of sp³-hybridized carbons (Fsp3) is 0.375. The number of nitrogens with one attached hydrogen (secondary N) is 1. The molecule has 3 amide bonds. The first-order chi connectivity index (χ1) is 11.6. The average molecular weight is 327 g/mol. The SMILES string of the molecule is O=C1NCC(=O)N2CCN(C(=O)Cn3cnc4ccccc43)CC12. The van der Waals surface area contributed by atoms with Gasteiger partial charge in [0, 0.05) is 13.1 Å². The van der Waals surface area contributed by atoms with E-state index in [0.717, 1.165) is 11.0 Å². The Morgan fingerprint density at radius 3 is 2.96 bits per heavy atom. The van der Waals surface area contributed by atoms with Crippen molar-refractivity contribution in [3.8, 4) is 0 Å². The number of rotatable bonds is 2. The van der Waals surface area contributed by atoms with Gasteiger partial charge in [0.15, 0.2) is 0 Å². The number of imidazole rings is 1. The van der Waals surface area contributed by atoms with Crippen LogP contribution in [0.3, 0.4) is 0 Å². The number of amides is 3. The normalized spacial score (nSPS) is 20.9. The number of carbonyl (C=O) groups is 3. The monoisotopic (exact) mass is 327 g/mol. The second kappa shape index (κ2) is 5.63. The number of piperazine rings is 2. The third kappa shape index (κ3) is 2.40. The van der Waals surface area contributed by atoms with Gasteiger partial charge in [-0.3, -0.25) is 14.4 Å². The summed E-state index contributed by atoms with van der Waals surface area (Å²) in [7, 11) is 0. The molecule has 1 N–H and O–H groups in total. The van der Waals surface area contributed by atoms with E-state index in [1.807, 2.05) is 24.3 Å². The zero-order valence-corrected chi connectivity index (χ0v) is 13.0. The minimum absolute atomic E-state index is 0.0459. The minimum atomic E-state index is -0.580. The third-order valence-corrected chi connectivity index (χ3v) is 4.60. The van der Waals surface area contributed by atoms with Crippen molar-refractivity contribution < 1.29 is 14.4 Å². The van der Waals surface area contributed by atoms with Crippen molar-refractivity contribution >= 4 is 28.8 Å². The van der Waals surface area contributed by atoms with Crippen LogP contribution >= 0.6 is 0 Å². The highest BCUT2D eigenvalue weighted by Crippen LogP contribution is 2.16. The first-order valence-electron chi connectivity index (χ1n) is 7.88. The van der Waals surface area contributed by atoms with Gasteiger partial charge in [-0.1, -0.05) is 12.1 Å². The molecule has 0 aliphatic carbocycles. The van der Waals surface area contributed by atoms with Gasteiger partial charge < -0.3 is 19.7 Å². The maximum absolute atomic E-state index is 12.6. The number of fused-ring (bicyclic) bond motifs is 2. The molecule has 0 saturated carbocycles. The molecule has 0 radical (unpaired) electrons. The number of para-hydroxylation sites is 2. The third-order valence-electron chi connectivity index (χ3n) is 4.60. The minimum Gasteiger partial charge on any atom is -0.345 e. The van der Waals surface area contributed by atoms with E-state index < -0.39 is 6.04 Å². The van der Waals surface area contributed by atoms with Gasteiger partial charge in [-0.05, 0) is 12.1 Å². The highest BCUT2D eigenvalue weighted by molar-refractivity contribution is 5.95. The second-order valence-corrected chi connectivity index (χ2v) is 6.02. The number of hydrogen-bond acceptors (Lipinski definition) is 4. The zero-order valence-electron chi connectivity index (χ0n) is 13.0. The van der Waals surface area contributed by atoms with E-state index in [4.69, 9.17) is 0 Å². The first kappa shape index (κ1) is 14.7. The van der Waals surface area contributed by atoms with E-state index in [9.17, 15) is 14.4 Å². The van der Waals surface area contributed by atoms with Gasteiger partial charge in [0.05, 0.1) is 30.5 Å². The van der Waals surface area contributed by atoms with Gasteiger partial charge in [0.25, 0.3) is 0 Å². The van der Waals surface area contributed by atoms with Gasteiger partial charge >= 0.3 is 0 Å². The molecule has 2 aliphatic heterocycles. The summed E-state index contributed by atoms with van der Waals surface area (Å²) in [6, 6.07) is 7.04. The van der Waals surface area contributed by atoms with Crippen LogP contribution in [0.25, 0.3) is 11.0 Å². The summed E-state index contributed by atoms with van der Waals surface area (Å²) in [5.41, 5.74) is 1.74. The first-order valence-corrected chi connectivity index (χ1v) is 7.88. The van der Waals surface area contributed by atoms with Crippen molar-refractivity contribution in [1.29, 1.82) is 0 Å². The topological polar surface area (TPSA) is 87.5 Å². The quantitative estimate of drug-likeness (QED) is 0.783. The van der Waals surface area contributed by atoms with Gasteiger partial charge in [0.2, 0.25) is 17.7 Å². The molecule has 1 aromatic carbocycles. The maximum Gasteiger partial charge on any atom is 0.245 e. The van der Waals surface area contributed by atoms with Crippen LogP contribution in [0.15, 0.2) is 30.6 Å². The van der Waals surface area contributed by atoms with Crippen LogP contribution in [0.2, 0.25) is 0 Å². The van der Waals surface area contributed by atoms with Crippen LogP contribution in [0.4, 0.5) is 0 Å². The van der Waals surface area contributed by atoms with Crippen molar-refractivity contribution in [3.63, 3.8) is 0 Å². The predicted molar refractivity (Wildman–Crippen MR) is 84.8 cm³/mol. The molecule has 2 aromatic rings. The maximum atomic E-state index is 12.6. The molecule has 3 heterocycles. The lowest BCUT2D eigenvalue weighted by molar-refractivity contribution is -0.152. The summed E-state index contributed by atoms with van der Waals surface area (Å²) in [6.07, 6.45) is 1.65. The summed E-state index contributed by atoms with van der Waals surface area (Å²) in [4.78, 5) is 43.9. The molecule has 0 bridgehead atoms. The fourth-order valence-electron chi connectivity index (χ4n) is 3.30. The van der Waals surface area contributed by atoms with E-state index in [-0.39, 0.29) is 37.4 Å². The molecule has 8 heteroatoms. The van der Waals surface area contributed by atoms with Crippen molar-refractivity contribution in [2.24, 2.45) is 0 Å². The van der Waals surface area contributed by atoms with Gasteiger partial charge in [-0.25, -0.2) is 4.98 Å². The van der Waals surface area contributed by atoms with Crippen LogP contribution in [0.1, 0.15) is 0 Å². The van der Waals surface area contributed by atoms with E-state index in [2.05, 4.69) is 10.3 Å². The number of carbonyl (C=O) groups excluding carboxylic acids is 3. The lowest BCUT2D eigenvalue weighted by atomic mass is 10.1. The Balaban J connectivity index is 1.49. The average Bonchev–Trinajstić information content (AvgIpc) is 3.01. The van der Waals surface area contributed by atoms with E-state index in [0.29, 0.717) is 13.1 Å². The molecule has 2 aliphatic rings. The smallest absolute Gasteiger partial charge is 0.245 e. The molecule has 24 heavy (non-hydrogen) atoms. The van der Waals surface area contributed by atoms with E-state index in [1.165, 1.54) is 0 Å². The van der Waals surface area contributed by atoms with Crippen LogP contribution in [0, 0.1) is 0 Å². The van der Waals surface area contributed by atoms with Crippen LogP contribution in [0.5, 0.6) is 0 Å². The summed E-state index contributed by atoms with van der Waals surface area (Å²) in [5, 5.41) is 2.58. The second-order valence-electron chi connectivity index (χ2n) is 6.02. The van der Waals surface area contributed by atoms with E-state index in [1.54, 1.807) is 20.7 Å². The summed E-state index contributed by atoms with van der Waals surface area (Å²) in [5.74, 6) is -0.365. The largest absolute Gasteiger partial charge is 0.345 e. The predicted octanol–water partition coefficient (Wildman–Crippen LogP) is -0.794. The molecule has 1 aromatic heterocycles. The van der Waals surface area contributed by atoms with Crippen LogP contribution in [-0.4, -0.2) is 69.3 Å². The van der Waals surface area contributed by atoms with Crippen LogP contribution in [-0.2, 0) is 20.9 Å². The Kier molecular flexibility index (Phi) is 3.44. The lowest BCUT2D eigenvalue weighted by Gasteiger charge is -2.42. The molecule has 1 atom stereocenters. The Morgan fingerprint density at radius 2 is 2.08 bits per heavy atom. The number of hydrogen-bond donors (Lipinski definition) is 1. The zero-order chi connectivity index (χ0) is 16.7. The molecule has 8 nitrogen and oxygen atoms in total. The van der Waals surface area contributed by atoms with Crippen molar-refractivity contribution in [1.82, 2.24) is 24.7 Å². The van der Waals surface area contributed by atoms with E-state index >= 15 is 0 Å². The molecule has 4 rings (SSSR count). The number of aromatic nitrogens is 2. The van der Waals surface area contributed by atoms with Crippen molar-refractivity contribution in [2.75, 3.05) is 26.2 Å². The molecule has 0 spiro atoms. The van der Waals surface area contributed by atoms with Gasteiger partial charge in [-0.15, -0.1) is 0 Å². The number of nitrogens with zero attached hydrogens (tertiary/aromatic N) is 4. The van der Waals surface area contributed by atoms with Crippen molar-refractivity contribution in [2.45, 2.75) is 12.6 Å². The van der Waals surface area contributed by atoms with Crippen molar-refractivity contribution in [3.05, 3.63) is 30.6 Å². The Bertz CT molecular complexity index is 830. The highest BCUT2D eigenvalue weighted by Gasteiger charge is 2.39. The van der Waals surface area contributed by atoms with Gasteiger partial charge in [0.1, 0.15) is 12.6 Å². The molecule has 1 unspecified atom stereocenters. The Morgan fingerprint density at radius 1 is 1.25 bits per heavy atom.